The van der Waals surface area contributed by atoms with Crippen LogP contribution in [0.4, 0.5) is 5.82 Å². The number of hydrogen-bond donors (Lipinski definition) is 2. The molecule has 6 rings (SSSR count). The lowest BCUT2D eigenvalue weighted by atomic mass is 9.96. The van der Waals surface area contributed by atoms with E-state index < -0.39 is 0 Å². The molecule has 5 aromatic rings. The van der Waals surface area contributed by atoms with Crippen LogP contribution in [0.1, 0.15) is 36.4 Å². The molecule has 0 bridgehead atoms. The molecule has 1 atom stereocenters. The van der Waals surface area contributed by atoms with Gasteiger partial charge in [-0.1, -0.05) is 42.5 Å². The highest BCUT2D eigenvalue weighted by Crippen LogP contribution is 2.36. The van der Waals surface area contributed by atoms with Crippen molar-refractivity contribution in [3.8, 4) is 11.1 Å². The van der Waals surface area contributed by atoms with Crippen molar-refractivity contribution in [3.63, 3.8) is 0 Å². The number of anilines is 1. The first-order valence-corrected chi connectivity index (χ1v) is 11.6. The van der Waals surface area contributed by atoms with Crippen LogP contribution in [0.25, 0.3) is 27.5 Å². The van der Waals surface area contributed by atoms with Gasteiger partial charge in [-0.3, -0.25) is 4.68 Å². The topological polar surface area (TPSA) is 86.1 Å². The zero-order valence-electron chi connectivity index (χ0n) is 18.5. The summed E-state index contributed by atoms with van der Waals surface area (Å²) in [5.74, 6) is 0.956. The van der Waals surface area contributed by atoms with E-state index in [1.165, 1.54) is 17.7 Å². The number of fused-ring (bicyclic) bond motifs is 2. The Hall–Kier alpha value is -3.71. The molecule has 7 heteroatoms. The van der Waals surface area contributed by atoms with Crippen LogP contribution in [0.3, 0.4) is 0 Å². The molecule has 0 aliphatic carbocycles. The van der Waals surface area contributed by atoms with Crippen LogP contribution < -0.4 is 11.1 Å². The fourth-order valence-electron chi connectivity index (χ4n) is 5.00. The highest BCUT2D eigenvalue weighted by molar-refractivity contribution is 5.92. The average molecular weight is 438 g/mol. The number of nitrogens with zero attached hydrogens (tertiary/aromatic N) is 5. The van der Waals surface area contributed by atoms with E-state index in [0.717, 1.165) is 60.0 Å². The third kappa shape index (κ3) is 3.74. The second-order valence-corrected chi connectivity index (χ2v) is 8.85. The molecule has 33 heavy (non-hydrogen) atoms. The molecular formula is C26H27N7. The molecule has 1 aliphatic rings. The Morgan fingerprint density at radius 1 is 1.03 bits per heavy atom. The van der Waals surface area contributed by atoms with E-state index in [0.29, 0.717) is 11.7 Å². The van der Waals surface area contributed by atoms with Gasteiger partial charge in [0.2, 0.25) is 0 Å². The third-order valence-electron chi connectivity index (χ3n) is 6.66. The first kappa shape index (κ1) is 19.9. The molecule has 7 nitrogen and oxygen atoms in total. The van der Waals surface area contributed by atoms with Gasteiger partial charge in [0.15, 0.2) is 5.82 Å². The van der Waals surface area contributed by atoms with E-state index in [9.17, 15) is 0 Å². The molecule has 4 heterocycles. The van der Waals surface area contributed by atoms with E-state index in [1.807, 2.05) is 15.3 Å². The van der Waals surface area contributed by atoms with Gasteiger partial charge in [0.1, 0.15) is 11.8 Å². The first-order valence-electron chi connectivity index (χ1n) is 11.6. The van der Waals surface area contributed by atoms with Crippen molar-refractivity contribution in [2.75, 3.05) is 18.8 Å². The van der Waals surface area contributed by atoms with Crippen LogP contribution in [0.15, 0.2) is 67.1 Å². The van der Waals surface area contributed by atoms with Crippen molar-refractivity contribution in [1.29, 1.82) is 0 Å². The molecule has 3 N–H and O–H groups in total. The maximum absolute atomic E-state index is 6.37. The number of nitrogens with two attached hydrogens (primary N) is 1. The predicted octanol–water partition coefficient (Wildman–Crippen LogP) is 4.23. The Bertz CT molecular complexity index is 1410. The molecule has 166 valence electrons. The summed E-state index contributed by atoms with van der Waals surface area (Å²) in [6.07, 6.45) is 7.06. The molecule has 1 unspecified atom stereocenters. The van der Waals surface area contributed by atoms with Crippen molar-refractivity contribution in [2.45, 2.75) is 31.7 Å². The largest absolute Gasteiger partial charge is 0.382 e. The van der Waals surface area contributed by atoms with Crippen LogP contribution in [-0.4, -0.2) is 37.5 Å². The molecule has 1 fully saturated rings. The van der Waals surface area contributed by atoms with Gasteiger partial charge in [-0.25, -0.2) is 9.50 Å². The Kier molecular flexibility index (Phi) is 5.03. The lowest BCUT2D eigenvalue weighted by Crippen LogP contribution is -2.14. The zero-order valence-corrected chi connectivity index (χ0v) is 18.5. The summed E-state index contributed by atoms with van der Waals surface area (Å²) >= 11 is 0. The fourth-order valence-corrected chi connectivity index (χ4v) is 5.00. The molecule has 1 aliphatic heterocycles. The fraction of sp³-hybridized carbons (Fsp3) is 0.269. The second-order valence-electron chi connectivity index (χ2n) is 8.85. The van der Waals surface area contributed by atoms with Gasteiger partial charge >= 0.3 is 0 Å². The van der Waals surface area contributed by atoms with Crippen molar-refractivity contribution in [2.24, 2.45) is 0 Å². The maximum Gasteiger partial charge on any atom is 0.151 e. The molecule has 0 spiro atoms. The van der Waals surface area contributed by atoms with E-state index in [-0.39, 0.29) is 0 Å². The second kappa shape index (κ2) is 8.33. The lowest BCUT2D eigenvalue weighted by molar-refractivity contribution is 0.578. The minimum absolute atomic E-state index is 0.448. The van der Waals surface area contributed by atoms with Gasteiger partial charge in [-0.15, -0.1) is 0 Å². The molecule has 1 saturated heterocycles. The highest BCUT2D eigenvalue weighted by Gasteiger charge is 2.22. The van der Waals surface area contributed by atoms with Crippen molar-refractivity contribution in [3.05, 3.63) is 78.4 Å². The monoisotopic (exact) mass is 437 g/mol. The number of benzene rings is 2. The third-order valence-corrected chi connectivity index (χ3v) is 6.66. The van der Waals surface area contributed by atoms with Gasteiger partial charge in [-0.05, 0) is 55.6 Å². The normalized spacial score (nSPS) is 16.9. The highest BCUT2D eigenvalue weighted by atomic mass is 15.3. The number of hydrogen-bond acceptors (Lipinski definition) is 5. The summed E-state index contributed by atoms with van der Waals surface area (Å²) in [4.78, 5) is 4.30. The average Bonchev–Trinajstić information content (AvgIpc) is 3.31. The molecule has 2 aromatic carbocycles. The number of nitrogen functional groups attached to an aromatic ring is 1. The molecule has 0 radical (unpaired) electrons. The summed E-state index contributed by atoms with van der Waals surface area (Å²) in [6.45, 7) is 2.85. The van der Waals surface area contributed by atoms with Gasteiger partial charge in [0.25, 0.3) is 0 Å². The number of nitrogens with one attached hydrogen (secondary N) is 1. The van der Waals surface area contributed by atoms with Crippen LogP contribution in [-0.2, 0) is 6.54 Å². The Morgan fingerprint density at radius 2 is 1.94 bits per heavy atom. The van der Waals surface area contributed by atoms with E-state index in [2.05, 4.69) is 70.1 Å². The van der Waals surface area contributed by atoms with Crippen molar-refractivity contribution in [1.82, 2.24) is 29.7 Å². The summed E-state index contributed by atoms with van der Waals surface area (Å²) in [7, 11) is 0. The van der Waals surface area contributed by atoms with E-state index >= 15 is 0 Å². The summed E-state index contributed by atoms with van der Waals surface area (Å²) in [5.41, 5.74) is 12.8. The Balaban J connectivity index is 1.42. The molecular weight excluding hydrogens is 410 g/mol. The first-order chi connectivity index (χ1) is 16.3. The zero-order chi connectivity index (χ0) is 22.2. The van der Waals surface area contributed by atoms with Crippen LogP contribution in [0.5, 0.6) is 0 Å². The van der Waals surface area contributed by atoms with Crippen molar-refractivity contribution < 1.29 is 0 Å². The van der Waals surface area contributed by atoms with E-state index in [4.69, 9.17) is 10.8 Å². The van der Waals surface area contributed by atoms with Crippen molar-refractivity contribution >= 4 is 22.2 Å². The van der Waals surface area contributed by atoms with Gasteiger partial charge in [0, 0.05) is 28.8 Å². The SMILES string of the molecule is Nc1ncnn2c(C3CCCNCC3)cc(-c3ccc4cn(Cc5ccccc5)nc4c3)c12. The number of rotatable bonds is 4. The minimum atomic E-state index is 0.448. The standard InChI is InChI=1S/C26H27N7/c27-26-25-22(14-24(33(25)30-17-29-26)19-7-4-11-28-12-10-19)20-8-9-21-16-32(31-23(21)13-20)15-18-5-2-1-3-6-18/h1-3,5-6,8-9,13-14,16-17,19,28H,4,7,10-12,15H2,(H2,27,29,30). The van der Waals surface area contributed by atoms with Gasteiger partial charge in [0.05, 0.1) is 12.1 Å². The van der Waals surface area contributed by atoms with Crippen LogP contribution in [0, 0.1) is 0 Å². The Labute approximate surface area is 192 Å². The molecule has 3 aromatic heterocycles. The van der Waals surface area contributed by atoms with Crippen LogP contribution >= 0.6 is 0 Å². The summed E-state index contributed by atoms with van der Waals surface area (Å²) < 4.78 is 4.01. The summed E-state index contributed by atoms with van der Waals surface area (Å²) in [6, 6.07) is 19.1. The maximum atomic E-state index is 6.37. The quantitative estimate of drug-likeness (QED) is 0.439. The minimum Gasteiger partial charge on any atom is -0.382 e. The Morgan fingerprint density at radius 3 is 2.85 bits per heavy atom. The van der Waals surface area contributed by atoms with E-state index in [1.54, 1.807) is 6.33 Å². The smallest absolute Gasteiger partial charge is 0.151 e. The van der Waals surface area contributed by atoms with Crippen LogP contribution in [0.2, 0.25) is 0 Å². The predicted molar refractivity (Wildman–Crippen MR) is 131 cm³/mol. The molecule has 0 saturated carbocycles. The number of aromatic nitrogens is 5. The van der Waals surface area contributed by atoms with Gasteiger partial charge in [-0.2, -0.15) is 10.2 Å². The summed E-state index contributed by atoms with van der Waals surface area (Å²) in [5, 5.41) is 14.1. The van der Waals surface area contributed by atoms with Gasteiger partial charge < -0.3 is 11.1 Å². The lowest BCUT2D eigenvalue weighted by Gasteiger charge is -2.13. The molecule has 0 amide bonds.